The number of methoxy groups -OCH3 is 3. The molecule has 3 rings (SSSR count). The molecule has 3 aromatic rings. The van der Waals surface area contributed by atoms with E-state index >= 15 is 0 Å². The molecule has 0 aliphatic rings. The van der Waals surface area contributed by atoms with Gasteiger partial charge in [0.25, 0.3) is 0 Å². The monoisotopic (exact) mass is 449 g/mol. The Balaban J connectivity index is 1.58. The molecule has 0 heterocycles. The van der Waals surface area contributed by atoms with E-state index in [1.165, 1.54) is 0 Å². The molecule has 3 aromatic carbocycles. The van der Waals surface area contributed by atoms with Crippen LogP contribution in [0.2, 0.25) is 0 Å². The fourth-order valence-corrected chi connectivity index (χ4v) is 3.56. The van der Waals surface area contributed by atoms with Gasteiger partial charge in [0.15, 0.2) is 23.0 Å². The molecule has 0 aliphatic heterocycles. The molecule has 174 valence electrons. The van der Waals surface area contributed by atoms with Crippen molar-refractivity contribution in [2.75, 3.05) is 21.3 Å². The highest BCUT2D eigenvalue weighted by Gasteiger charge is 2.10. The first kappa shape index (κ1) is 24.0. The van der Waals surface area contributed by atoms with Crippen molar-refractivity contribution in [1.29, 1.82) is 0 Å². The number of ether oxygens (including phenoxy) is 4. The summed E-state index contributed by atoms with van der Waals surface area (Å²) in [7, 11) is 4.87. The minimum absolute atomic E-state index is 0.468. The van der Waals surface area contributed by atoms with E-state index in [0.717, 1.165) is 35.2 Å². The largest absolute Gasteiger partial charge is 0.493 e. The van der Waals surface area contributed by atoms with Crippen molar-refractivity contribution in [1.82, 2.24) is 0 Å². The maximum Gasteiger partial charge on any atom is 0.161 e. The van der Waals surface area contributed by atoms with E-state index in [2.05, 4.69) is 5.16 Å². The molecule has 0 unspecified atom stereocenters. The van der Waals surface area contributed by atoms with Crippen molar-refractivity contribution in [2.24, 2.45) is 5.16 Å². The zero-order valence-corrected chi connectivity index (χ0v) is 19.4. The quantitative estimate of drug-likeness (QED) is 0.219. The van der Waals surface area contributed by atoms with Crippen molar-refractivity contribution in [3.05, 3.63) is 83.4 Å². The van der Waals surface area contributed by atoms with Crippen LogP contribution in [0.3, 0.4) is 0 Å². The maximum atomic E-state index is 9.51. The number of nitrogens with zero attached hydrogens (tertiary/aromatic N) is 1. The summed E-state index contributed by atoms with van der Waals surface area (Å²) in [5, 5.41) is 13.0. The molecule has 0 saturated heterocycles. The Labute approximate surface area is 195 Å². The summed E-state index contributed by atoms with van der Waals surface area (Å²) in [5.41, 5.74) is 4.02. The Morgan fingerprint density at radius 2 is 1.21 bits per heavy atom. The number of hydrogen-bond acceptors (Lipinski definition) is 6. The lowest BCUT2D eigenvalue weighted by Crippen LogP contribution is -2.04. The van der Waals surface area contributed by atoms with Crippen LogP contribution in [0.25, 0.3) is 0 Å². The molecular formula is C27H31NO5. The predicted molar refractivity (Wildman–Crippen MR) is 129 cm³/mol. The first-order valence-electron chi connectivity index (χ1n) is 10.9. The molecule has 6 heteroatoms. The van der Waals surface area contributed by atoms with Gasteiger partial charge in [0.2, 0.25) is 0 Å². The number of hydrogen-bond donors (Lipinski definition) is 1. The standard InChI is InChI=1S/C27H31NO5/c1-30-24-15-11-20(17-26(24)32-3)9-13-23(28-29)14-10-21-12-16-25(31-2)27(18-21)33-19-22-7-5-4-6-8-22/h4-8,11-12,15-18,29H,9-10,13-14,19H2,1-3H3/b28-23+. The average molecular weight is 450 g/mol. The third-order valence-electron chi connectivity index (χ3n) is 5.46. The van der Waals surface area contributed by atoms with Crippen LogP contribution in [0.1, 0.15) is 29.5 Å². The van der Waals surface area contributed by atoms with Gasteiger partial charge in [-0.15, -0.1) is 0 Å². The van der Waals surface area contributed by atoms with Gasteiger partial charge in [-0.1, -0.05) is 47.6 Å². The molecule has 33 heavy (non-hydrogen) atoms. The van der Waals surface area contributed by atoms with Crippen molar-refractivity contribution in [3.8, 4) is 23.0 Å². The van der Waals surface area contributed by atoms with Crippen molar-refractivity contribution in [3.63, 3.8) is 0 Å². The topological polar surface area (TPSA) is 69.5 Å². The Bertz CT molecular complexity index is 1050. The number of rotatable bonds is 12. The molecule has 6 nitrogen and oxygen atoms in total. The average Bonchev–Trinajstić information content (AvgIpc) is 2.88. The minimum Gasteiger partial charge on any atom is -0.493 e. The first-order valence-corrected chi connectivity index (χ1v) is 10.9. The molecule has 0 spiro atoms. The lowest BCUT2D eigenvalue weighted by Gasteiger charge is -2.13. The van der Waals surface area contributed by atoms with E-state index in [1.807, 2.05) is 66.7 Å². The molecule has 0 amide bonds. The molecule has 0 saturated carbocycles. The SMILES string of the molecule is COc1ccc(CC/C(CCc2ccc(OC)c(OCc3ccccc3)c2)=N\O)cc1OC. The van der Waals surface area contributed by atoms with Gasteiger partial charge < -0.3 is 24.2 Å². The zero-order chi connectivity index (χ0) is 23.5. The third kappa shape index (κ3) is 6.91. The van der Waals surface area contributed by atoms with E-state index in [1.54, 1.807) is 21.3 Å². The molecular weight excluding hydrogens is 418 g/mol. The Morgan fingerprint density at radius 1 is 0.667 bits per heavy atom. The summed E-state index contributed by atoms with van der Waals surface area (Å²) in [6.07, 6.45) is 2.78. The lowest BCUT2D eigenvalue weighted by molar-refractivity contribution is 0.284. The van der Waals surface area contributed by atoms with E-state index in [0.29, 0.717) is 42.4 Å². The van der Waals surface area contributed by atoms with Gasteiger partial charge in [-0.2, -0.15) is 0 Å². The summed E-state index contributed by atoms with van der Waals surface area (Å²) in [5.74, 6) is 2.78. The molecule has 0 fully saturated rings. The number of benzene rings is 3. The zero-order valence-electron chi connectivity index (χ0n) is 19.4. The van der Waals surface area contributed by atoms with Gasteiger partial charge in [-0.25, -0.2) is 0 Å². The first-order chi connectivity index (χ1) is 16.2. The molecule has 0 aliphatic carbocycles. The predicted octanol–water partition coefficient (Wildman–Crippen LogP) is 5.69. The molecule has 0 atom stereocenters. The third-order valence-corrected chi connectivity index (χ3v) is 5.46. The fraction of sp³-hybridized carbons (Fsp3) is 0.296. The highest BCUT2D eigenvalue weighted by molar-refractivity contribution is 5.84. The van der Waals surface area contributed by atoms with Crippen molar-refractivity contribution >= 4 is 5.71 Å². The van der Waals surface area contributed by atoms with Gasteiger partial charge in [-0.05, 0) is 66.6 Å². The summed E-state index contributed by atoms with van der Waals surface area (Å²) in [6.45, 7) is 0.468. The second kappa shape index (κ2) is 12.4. The van der Waals surface area contributed by atoms with Crippen molar-refractivity contribution in [2.45, 2.75) is 32.3 Å². The van der Waals surface area contributed by atoms with E-state index in [4.69, 9.17) is 18.9 Å². The highest BCUT2D eigenvalue weighted by Crippen LogP contribution is 2.30. The number of aryl methyl sites for hydroxylation is 2. The van der Waals surface area contributed by atoms with Crippen molar-refractivity contribution < 1.29 is 24.2 Å². The van der Waals surface area contributed by atoms with Crippen LogP contribution >= 0.6 is 0 Å². The minimum atomic E-state index is 0.468. The van der Waals surface area contributed by atoms with Crippen LogP contribution < -0.4 is 18.9 Å². The normalized spacial score (nSPS) is 11.2. The van der Waals surface area contributed by atoms with Crippen LogP contribution in [0.4, 0.5) is 0 Å². The van der Waals surface area contributed by atoms with Gasteiger partial charge in [0, 0.05) is 0 Å². The molecule has 1 N–H and O–H groups in total. The second-order valence-corrected chi connectivity index (χ2v) is 7.62. The molecule has 0 bridgehead atoms. The smallest absolute Gasteiger partial charge is 0.161 e. The van der Waals surface area contributed by atoms with Gasteiger partial charge >= 0.3 is 0 Å². The van der Waals surface area contributed by atoms with Gasteiger partial charge in [0.1, 0.15) is 6.61 Å². The summed E-state index contributed by atoms with van der Waals surface area (Å²) >= 11 is 0. The fourth-order valence-electron chi connectivity index (χ4n) is 3.56. The Hall–Kier alpha value is -3.67. The van der Waals surface area contributed by atoms with Crippen LogP contribution in [0.5, 0.6) is 23.0 Å². The van der Waals surface area contributed by atoms with Crippen LogP contribution in [0.15, 0.2) is 71.9 Å². The maximum absolute atomic E-state index is 9.51. The van der Waals surface area contributed by atoms with Gasteiger partial charge in [-0.3, -0.25) is 0 Å². The van der Waals surface area contributed by atoms with Crippen LogP contribution in [-0.2, 0) is 19.4 Å². The summed E-state index contributed by atoms with van der Waals surface area (Å²) in [6, 6.07) is 21.8. The molecule has 0 aromatic heterocycles. The molecule has 0 radical (unpaired) electrons. The second-order valence-electron chi connectivity index (χ2n) is 7.62. The Morgan fingerprint density at radius 3 is 1.76 bits per heavy atom. The summed E-state index contributed by atoms with van der Waals surface area (Å²) < 4.78 is 22.1. The van der Waals surface area contributed by atoms with Crippen LogP contribution in [0, 0.1) is 0 Å². The number of oxime groups is 1. The Kier molecular flexibility index (Phi) is 9.00. The van der Waals surface area contributed by atoms with E-state index < -0.39 is 0 Å². The van der Waals surface area contributed by atoms with E-state index in [-0.39, 0.29) is 0 Å². The van der Waals surface area contributed by atoms with Gasteiger partial charge in [0.05, 0.1) is 27.0 Å². The highest BCUT2D eigenvalue weighted by atomic mass is 16.5. The van der Waals surface area contributed by atoms with Crippen LogP contribution in [-0.4, -0.2) is 32.2 Å². The summed E-state index contributed by atoms with van der Waals surface area (Å²) in [4.78, 5) is 0. The van der Waals surface area contributed by atoms with E-state index in [9.17, 15) is 5.21 Å². The lowest BCUT2D eigenvalue weighted by atomic mass is 10.0.